The standard InChI is InChI=1S/C14H20N2O5S/c1-3-10(2)16-22(18,19)7-6-15-14(17)11-4-5-12-13(8-11)21-9-20-12/h4-5,8,10,16H,3,6-7,9H2,1-2H3,(H,15,17)/t10-/m1/s1. The monoisotopic (exact) mass is 328 g/mol. The summed E-state index contributed by atoms with van der Waals surface area (Å²) in [7, 11) is -3.39. The third-order valence-corrected chi connectivity index (χ3v) is 4.79. The fraction of sp³-hybridized carbons (Fsp3) is 0.500. The van der Waals surface area contributed by atoms with Gasteiger partial charge >= 0.3 is 0 Å². The second-order valence-electron chi connectivity index (χ2n) is 5.07. The van der Waals surface area contributed by atoms with Gasteiger partial charge in [0.2, 0.25) is 16.8 Å². The molecule has 0 fully saturated rings. The van der Waals surface area contributed by atoms with E-state index in [4.69, 9.17) is 9.47 Å². The number of amides is 1. The molecular weight excluding hydrogens is 308 g/mol. The van der Waals surface area contributed by atoms with Crippen molar-refractivity contribution in [1.82, 2.24) is 10.0 Å². The fourth-order valence-corrected chi connectivity index (χ4v) is 3.16. The van der Waals surface area contributed by atoms with Crippen molar-refractivity contribution in [3.8, 4) is 11.5 Å². The second-order valence-corrected chi connectivity index (χ2v) is 6.94. The van der Waals surface area contributed by atoms with Crippen molar-refractivity contribution in [2.45, 2.75) is 26.3 Å². The highest BCUT2D eigenvalue weighted by Crippen LogP contribution is 2.32. The van der Waals surface area contributed by atoms with E-state index in [0.717, 1.165) is 0 Å². The van der Waals surface area contributed by atoms with E-state index in [0.29, 0.717) is 23.5 Å². The molecule has 0 bridgehead atoms. The maximum absolute atomic E-state index is 12.0. The number of hydrogen-bond acceptors (Lipinski definition) is 5. The molecule has 1 aliphatic heterocycles. The Morgan fingerprint density at radius 2 is 2.05 bits per heavy atom. The van der Waals surface area contributed by atoms with Gasteiger partial charge in [0.05, 0.1) is 5.75 Å². The van der Waals surface area contributed by atoms with E-state index < -0.39 is 10.0 Å². The van der Waals surface area contributed by atoms with Crippen LogP contribution in [0.25, 0.3) is 0 Å². The van der Waals surface area contributed by atoms with Crippen molar-refractivity contribution >= 4 is 15.9 Å². The molecule has 22 heavy (non-hydrogen) atoms. The molecule has 8 heteroatoms. The Morgan fingerprint density at radius 1 is 1.32 bits per heavy atom. The summed E-state index contributed by atoms with van der Waals surface area (Å²) in [6.07, 6.45) is 0.711. The maximum Gasteiger partial charge on any atom is 0.251 e. The summed E-state index contributed by atoms with van der Waals surface area (Å²) in [6, 6.07) is 4.71. The van der Waals surface area contributed by atoms with Crippen LogP contribution in [0.15, 0.2) is 18.2 Å². The third kappa shape index (κ3) is 4.35. The molecule has 1 amide bonds. The largest absolute Gasteiger partial charge is 0.454 e. The molecule has 0 saturated carbocycles. The normalized spacial score (nSPS) is 14.6. The van der Waals surface area contributed by atoms with Crippen LogP contribution < -0.4 is 19.5 Å². The smallest absolute Gasteiger partial charge is 0.251 e. The molecule has 0 spiro atoms. The zero-order valence-electron chi connectivity index (χ0n) is 12.6. The SMILES string of the molecule is CC[C@@H](C)NS(=O)(=O)CCNC(=O)c1ccc2c(c1)OCO2. The summed E-state index contributed by atoms with van der Waals surface area (Å²) < 4.78 is 36.4. The number of sulfonamides is 1. The number of fused-ring (bicyclic) bond motifs is 1. The summed E-state index contributed by atoms with van der Waals surface area (Å²) in [5.74, 6) is 0.598. The van der Waals surface area contributed by atoms with Gasteiger partial charge in [-0.05, 0) is 31.5 Å². The topological polar surface area (TPSA) is 93.7 Å². The van der Waals surface area contributed by atoms with Gasteiger partial charge in [-0.25, -0.2) is 13.1 Å². The van der Waals surface area contributed by atoms with E-state index in [9.17, 15) is 13.2 Å². The minimum Gasteiger partial charge on any atom is -0.454 e. The van der Waals surface area contributed by atoms with Gasteiger partial charge in [0.25, 0.3) is 5.91 Å². The summed E-state index contributed by atoms with van der Waals surface area (Å²) in [6.45, 7) is 3.87. The molecule has 1 aliphatic rings. The Labute approximate surface area is 130 Å². The van der Waals surface area contributed by atoms with E-state index in [1.807, 2.05) is 6.92 Å². The van der Waals surface area contributed by atoms with Crippen LogP contribution in [0.3, 0.4) is 0 Å². The van der Waals surface area contributed by atoms with Crippen LogP contribution in [0.5, 0.6) is 11.5 Å². The van der Waals surface area contributed by atoms with Crippen LogP contribution in [0.1, 0.15) is 30.6 Å². The molecule has 1 aromatic rings. The van der Waals surface area contributed by atoms with Gasteiger partial charge in [0.15, 0.2) is 11.5 Å². The number of benzene rings is 1. The van der Waals surface area contributed by atoms with Gasteiger partial charge in [0.1, 0.15) is 0 Å². The average molecular weight is 328 g/mol. The minimum absolute atomic E-state index is 0.0407. The highest BCUT2D eigenvalue weighted by Gasteiger charge is 2.17. The molecule has 1 atom stereocenters. The van der Waals surface area contributed by atoms with Crippen LogP contribution in [0.2, 0.25) is 0 Å². The van der Waals surface area contributed by atoms with E-state index >= 15 is 0 Å². The van der Waals surface area contributed by atoms with Crippen LogP contribution in [-0.2, 0) is 10.0 Å². The van der Waals surface area contributed by atoms with Crippen molar-refractivity contribution in [3.63, 3.8) is 0 Å². The minimum atomic E-state index is -3.39. The lowest BCUT2D eigenvalue weighted by Crippen LogP contribution is -2.38. The van der Waals surface area contributed by atoms with Crippen molar-refractivity contribution in [1.29, 1.82) is 0 Å². The maximum atomic E-state index is 12.0. The summed E-state index contributed by atoms with van der Waals surface area (Å²) in [5.41, 5.74) is 0.400. The zero-order chi connectivity index (χ0) is 16.2. The molecule has 7 nitrogen and oxygen atoms in total. The van der Waals surface area contributed by atoms with Gasteiger partial charge in [-0.15, -0.1) is 0 Å². The van der Waals surface area contributed by atoms with Crippen LogP contribution in [-0.4, -0.2) is 39.5 Å². The summed E-state index contributed by atoms with van der Waals surface area (Å²) >= 11 is 0. The van der Waals surface area contributed by atoms with Crippen molar-refractivity contribution in [2.24, 2.45) is 0 Å². The first kappa shape index (κ1) is 16.6. The number of hydrogen-bond donors (Lipinski definition) is 2. The molecule has 122 valence electrons. The predicted molar refractivity (Wildman–Crippen MR) is 81.6 cm³/mol. The molecule has 0 radical (unpaired) electrons. The second kappa shape index (κ2) is 6.97. The van der Waals surface area contributed by atoms with Gasteiger partial charge in [-0.2, -0.15) is 0 Å². The molecule has 0 aromatic heterocycles. The van der Waals surface area contributed by atoms with Gasteiger partial charge in [-0.3, -0.25) is 4.79 Å². The van der Waals surface area contributed by atoms with Gasteiger partial charge in [0, 0.05) is 18.2 Å². The highest BCUT2D eigenvalue weighted by molar-refractivity contribution is 7.89. The molecule has 2 rings (SSSR count). The average Bonchev–Trinajstić information content (AvgIpc) is 2.93. The zero-order valence-corrected chi connectivity index (χ0v) is 13.4. The molecule has 0 unspecified atom stereocenters. The lowest BCUT2D eigenvalue weighted by atomic mass is 10.2. The van der Waals surface area contributed by atoms with Crippen LogP contribution in [0.4, 0.5) is 0 Å². The Balaban J connectivity index is 1.85. The lowest BCUT2D eigenvalue weighted by molar-refractivity contribution is 0.0955. The van der Waals surface area contributed by atoms with E-state index in [1.54, 1.807) is 25.1 Å². The molecule has 1 heterocycles. The van der Waals surface area contributed by atoms with Crippen molar-refractivity contribution < 1.29 is 22.7 Å². The number of rotatable bonds is 7. The quantitative estimate of drug-likeness (QED) is 0.774. The van der Waals surface area contributed by atoms with E-state index in [-0.39, 0.29) is 31.0 Å². The first-order valence-electron chi connectivity index (χ1n) is 7.09. The molecule has 0 aliphatic carbocycles. The third-order valence-electron chi connectivity index (χ3n) is 3.28. The van der Waals surface area contributed by atoms with Gasteiger partial charge in [-0.1, -0.05) is 6.92 Å². The number of carbonyl (C=O) groups is 1. The molecular formula is C14H20N2O5S. The molecule has 1 aromatic carbocycles. The van der Waals surface area contributed by atoms with E-state index in [2.05, 4.69) is 10.0 Å². The summed E-state index contributed by atoms with van der Waals surface area (Å²) in [5, 5.41) is 2.58. The van der Waals surface area contributed by atoms with E-state index in [1.165, 1.54) is 0 Å². The number of nitrogens with one attached hydrogen (secondary N) is 2. The highest BCUT2D eigenvalue weighted by atomic mass is 32.2. The molecule has 0 saturated heterocycles. The summed E-state index contributed by atoms with van der Waals surface area (Å²) in [4.78, 5) is 12.0. The fourth-order valence-electron chi connectivity index (χ4n) is 1.89. The number of carbonyl (C=O) groups excluding carboxylic acids is 1. The lowest BCUT2D eigenvalue weighted by Gasteiger charge is -2.12. The van der Waals surface area contributed by atoms with Crippen LogP contribution >= 0.6 is 0 Å². The predicted octanol–water partition coefficient (Wildman–Crippen LogP) is 0.863. The van der Waals surface area contributed by atoms with Crippen molar-refractivity contribution in [2.75, 3.05) is 19.1 Å². The molecule has 2 N–H and O–H groups in total. The van der Waals surface area contributed by atoms with Crippen LogP contribution in [0, 0.1) is 0 Å². The first-order valence-corrected chi connectivity index (χ1v) is 8.74. The Morgan fingerprint density at radius 3 is 2.77 bits per heavy atom. The Kier molecular flexibility index (Phi) is 5.25. The number of ether oxygens (including phenoxy) is 2. The Bertz CT molecular complexity index is 645. The van der Waals surface area contributed by atoms with Crippen molar-refractivity contribution in [3.05, 3.63) is 23.8 Å². The Hall–Kier alpha value is -1.80. The van der Waals surface area contributed by atoms with Gasteiger partial charge < -0.3 is 14.8 Å². The first-order chi connectivity index (χ1) is 10.4.